The third-order valence-electron chi connectivity index (χ3n) is 3.46. The average Bonchev–Trinajstić information content (AvgIpc) is 2.39. The zero-order valence-corrected chi connectivity index (χ0v) is 10.9. The molecular weight excluding hydrogens is 182 g/mol. The fraction of sp³-hybridized carbons (Fsp3) is 1.00. The molecule has 0 bridgehead atoms. The van der Waals surface area contributed by atoms with Crippen molar-refractivity contribution < 1.29 is 0 Å². The van der Waals surface area contributed by atoms with Crippen molar-refractivity contribution in [3.8, 4) is 0 Å². The van der Waals surface area contributed by atoms with Crippen LogP contribution in [0.15, 0.2) is 0 Å². The first kappa shape index (κ1) is 13.0. The smallest absolute Gasteiger partial charge is 0.00205 e. The summed E-state index contributed by atoms with van der Waals surface area (Å²) in [7, 11) is 0. The van der Waals surface area contributed by atoms with E-state index in [4.69, 9.17) is 0 Å². The Hall–Kier alpha value is -0.0400. The van der Waals surface area contributed by atoms with E-state index in [1.54, 1.807) is 0 Å². The van der Waals surface area contributed by atoms with Gasteiger partial charge in [-0.05, 0) is 43.7 Å². The third-order valence-corrected chi connectivity index (χ3v) is 3.46. The summed E-state index contributed by atoms with van der Waals surface area (Å²) >= 11 is 0. The molecule has 0 aromatic carbocycles. The van der Waals surface area contributed by atoms with Crippen LogP contribution >= 0.6 is 0 Å². The lowest BCUT2D eigenvalue weighted by Crippen LogP contribution is -2.26. The van der Waals surface area contributed by atoms with Crippen molar-refractivity contribution in [1.29, 1.82) is 0 Å². The van der Waals surface area contributed by atoms with Gasteiger partial charge >= 0.3 is 0 Å². The van der Waals surface area contributed by atoms with E-state index >= 15 is 0 Å². The molecule has 0 radical (unpaired) electrons. The maximum Gasteiger partial charge on any atom is -0.00205 e. The van der Waals surface area contributed by atoms with Gasteiger partial charge in [0.1, 0.15) is 0 Å². The Morgan fingerprint density at radius 3 is 2.13 bits per heavy atom. The molecule has 0 heterocycles. The SMILES string of the molecule is CC(C)(C)CCNCC1CCCCCC1. The van der Waals surface area contributed by atoms with Gasteiger partial charge in [0.05, 0.1) is 0 Å². The fourth-order valence-corrected chi connectivity index (χ4v) is 2.34. The molecule has 1 rings (SSSR count). The minimum Gasteiger partial charge on any atom is -0.316 e. The predicted octanol–water partition coefficient (Wildman–Crippen LogP) is 3.98. The molecule has 1 nitrogen and oxygen atoms in total. The van der Waals surface area contributed by atoms with Gasteiger partial charge in [0.2, 0.25) is 0 Å². The molecule has 1 heteroatoms. The van der Waals surface area contributed by atoms with Gasteiger partial charge in [-0.2, -0.15) is 0 Å². The van der Waals surface area contributed by atoms with E-state index in [1.165, 1.54) is 58.0 Å². The lowest BCUT2D eigenvalue weighted by molar-refractivity contribution is 0.350. The van der Waals surface area contributed by atoms with Gasteiger partial charge in [-0.15, -0.1) is 0 Å². The first-order valence-electron chi connectivity index (χ1n) is 6.79. The van der Waals surface area contributed by atoms with Crippen LogP contribution in [-0.4, -0.2) is 13.1 Å². The van der Waals surface area contributed by atoms with Gasteiger partial charge in [0, 0.05) is 0 Å². The van der Waals surface area contributed by atoms with Crippen molar-refractivity contribution in [3.63, 3.8) is 0 Å². The molecule has 0 unspecified atom stereocenters. The summed E-state index contributed by atoms with van der Waals surface area (Å²) in [6, 6.07) is 0. The van der Waals surface area contributed by atoms with Crippen molar-refractivity contribution in [3.05, 3.63) is 0 Å². The Balaban J connectivity index is 2.03. The van der Waals surface area contributed by atoms with E-state index < -0.39 is 0 Å². The van der Waals surface area contributed by atoms with Gasteiger partial charge in [-0.1, -0.05) is 46.5 Å². The zero-order chi connectivity index (χ0) is 11.1. The molecule has 0 aromatic heterocycles. The summed E-state index contributed by atoms with van der Waals surface area (Å²) in [5.74, 6) is 0.965. The van der Waals surface area contributed by atoms with E-state index in [9.17, 15) is 0 Å². The summed E-state index contributed by atoms with van der Waals surface area (Å²) in [5, 5.41) is 3.64. The maximum absolute atomic E-state index is 3.64. The van der Waals surface area contributed by atoms with Crippen molar-refractivity contribution in [2.75, 3.05) is 13.1 Å². The van der Waals surface area contributed by atoms with Crippen LogP contribution in [0.1, 0.15) is 65.7 Å². The van der Waals surface area contributed by atoms with Crippen LogP contribution in [0.3, 0.4) is 0 Å². The molecule has 15 heavy (non-hydrogen) atoms. The highest BCUT2D eigenvalue weighted by Gasteiger charge is 2.13. The number of hydrogen-bond donors (Lipinski definition) is 1. The highest BCUT2D eigenvalue weighted by atomic mass is 14.9. The number of nitrogens with one attached hydrogen (secondary N) is 1. The first-order valence-corrected chi connectivity index (χ1v) is 6.79. The molecule has 0 spiro atoms. The Bertz CT molecular complexity index is 149. The van der Waals surface area contributed by atoms with Crippen molar-refractivity contribution in [1.82, 2.24) is 5.32 Å². The fourth-order valence-electron chi connectivity index (χ4n) is 2.34. The van der Waals surface area contributed by atoms with Gasteiger partial charge in [-0.25, -0.2) is 0 Å². The molecule has 0 amide bonds. The number of hydrogen-bond acceptors (Lipinski definition) is 1. The summed E-state index contributed by atoms with van der Waals surface area (Å²) in [4.78, 5) is 0. The highest BCUT2D eigenvalue weighted by molar-refractivity contribution is 4.68. The van der Waals surface area contributed by atoms with Gasteiger partial charge in [0.25, 0.3) is 0 Å². The Labute approximate surface area is 96.0 Å². The van der Waals surface area contributed by atoms with E-state index in [2.05, 4.69) is 26.1 Å². The summed E-state index contributed by atoms with van der Waals surface area (Å²) in [5.41, 5.74) is 0.483. The zero-order valence-electron chi connectivity index (χ0n) is 10.9. The predicted molar refractivity (Wildman–Crippen MR) is 68.1 cm³/mol. The summed E-state index contributed by atoms with van der Waals surface area (Å²) in [6.45, 7) is 9.41. The van der Waals surface area contributed by atoms with Gasteiger partial charge in [0.15, 0.2) is 0 Å². The van der Waals surface area contributed by atoms with Crippen LogP contribution in [0.5, 0.6) is 0 Å². The normalized spacial score (nSPS) is 20.2. The first-order chi connectivity index (χ1) is 7.08. The second-order valence-electron chi connectivity index (χ2n) is 6.37. The molecule has 1 aliphatic carbocycles. The quantitative estimate of drug-likeness (QED) is 0.548. The highest BCUT2D eigenvalue weighted by Crippen LogP contribution is 2.22. The van der Waals surface area contributed by atoms with Crippen molar-refractivity contribution in [2.45, 2.75) is 65.7 Å². The Morgan fingerprint density at radius 1 is 1.00 bits per heavy atom. The molecule has 90 valence electrons. The third kappa shape index (κ3) is 6.94. The largest absolute Gasteiger partial charge is 0.316 e. The van der Waals surface area contributed by atoms with Crippen LogP contribution in [0.25, 0.3) is 0 Å². The minimum absolute atomic E-state index is 0.483. The van der Waals surface area contributed by atoms with Crippen LogP contribution in [0, 0.1) is 11.3 Å². The second-order valence-corrected chi connectivity index (χ2v) is 6.37. The van der Waals surface area contributed by atoms with Gasteiger partial charge in [-0.3, -0.25) is 0 Å². The van der Waals surface area contributed by atoms with Crippen molar-refractivity contribution >= 4 is 0 Å². The van der Waals surface area contributed by atoms with Crippen LogP contribution in [0.4, 0.5) is 0 Å². The maximum atomic E-state index is 3.64. The van der Waals surface area contributed by atoms with Crippen LogP contribution in [-0.2, 0) is 0 Å². The molecule has 0 saturated heterocycles. The molecule has 1 saturated carbocycles. The standard InChI is InChI=1S/C14H29N/c1-14(2,3)10-11-15-12-13-8-6-4-5-7-9-13/h13,15H,4-12H2,1-3H3. The average molecular weight is 211 g/mol. The topological polar surface area (TPSA) is 12.0 Å². The van der Waals surface area contributed by atoms with Gasteiger partial charge < -0.3 is 5.32 Å². The molecule has 1 N–H and O–H groups in total. The van der Waals surface area contributed by atoms with E-state index in [0.29, 0.717) is 5.41 Å². The lowest BCUT2D eigenvalue weighted by atomic mass is 9.92. The molecular formula is C14H29N. The Kier molecular flexibility index (Phi) is 5.66. The molecule has 0 aliphatic heterocycles. The minimum atomic E-state index is 0.483. The van der Waals surface area contributed by atoms with Crippen LogP contribution in [0.2, 0.25) is 0 Å². The van der Waals surface area contributed by atoms with Crippen molar-refractivity contribution in [2.24, 2.45) is 11.3 Å². The molecule has 0 atom stereocenters. The molecule has 1 fully saturated rings. The molecule has 1 aliphatic rings. The van der Waals surface area contributed by atoms with E-state index in [0.717, 1.165) is 5.92 Å². The summed E-state index contributed by atoms with van der Waals surface area (Å²) < 4.78 is 0. The van der Waals surface area contributed by atoms with Crippen LogP contribution < -0.4 is 5.32 Å². The Morgan fingerprint density at radius 2 is 1.60 bits per heavy atom. The van der Waals surface area contributed by atoms with E-state index in [1.807, 2.05) is 0 Å². The second kappa shape index (κ2) is 6.52. The lowest BCUT2D eigenvalue weighted by Gasteiger charge is -2.20. The molecule has 0 aromatic rings. The monoisotopic (exact) mass is 211 g/mol. The summed E-state index contributed by atoms with van der Waals surface area (Å²) in [6.07, 6.45) is 10.1. The van der Waals surface area contributed by atoms with E-state index in [-0.39, 0.29) is 0 Å². The number of rotatable bonds is 4.